The van der Waals surface area contributed by atoms with Gasteiger partial charge in [0.25, 0.3) is 5.91 Å². The maximum atomic E-state index is 14.0. The van der Waals surface area contributed by atoms with Crippen LogP contribution < -0.4 is 14.4 Å². The number of fused-ring (bicyclic) bond motifs is 5. The van der Waals surface area contributed by atoms with Gasteiger partial charge in [-0.2, -0.15) is 0 Å². The van der Waals surface area contributed by atoms with Crippen molar-refractivity contribution in [1.29, 1.82) is 0 Å². The first kappa shape index (κ1) is 20.1. The highest BCUT2D eigenvalue weighted by Gasteiger charge is 2.53. The molecule has 35 heavy (non-hydrogen) atoms. The minimum atomic E-state index is -0.590. The Hall–Kier alpha value is -4.26. The van der Waals surface area contributed by atoms with Crippen LogP contribution in [-0.2, 0) is 11.2 Å². The van der Waals surface area contributed by atoms with E-state index < -0.39 is 12.1 Å². The lowest BCUT2D eigenvalue weighted by Crippen LogP contribution is -2.44. The zero-order valence-corrected chi connectivity index (χ0v) is 19.2. The third-order valence-corrected chi connectivity index (χ3v) is 7.19. The van der Waals surface area contributed by atoms with Crippen LogP contribution in [0.1, 0.15) is 28.4 Å². The number of nitrogens with one attached hydrogen (secondary N) is 1. The van der Waals surface area contributed by atoms with Gasteiger partial charge in [0.05, 0.1) is 5.69 Å². The number of aryl methyl sites for hydroxylation is 1. The molecule has 1 fully saturated rings. The number of hydrogen-bond acceptors (Lipinski definition) is 4. The second kappa shape index (κ2) is 7.37. The Morgan fingerprint density at radius 3 is 2.60 bits per heavy atom. The molecular weight excluding hydrogens is 442 g/mol. The van der Waals surface area contributed by atoms with Gasteiger partial charge in [0, 0.05) is 29.1 Å². The van der Waals surface area contributed by atoms with Gasteiger partial charge in [-0.1, -0.05) is 48.0 Å². The molecule has 1 saturated heterocycles. The minimum Gasteiger partial charge on any atom is -0.486 e. The monoisotopic (exact) mass is 465 g/mol. The maximum absolute atomic E-state index is 14.0. The van der Waals surface area contributed by atoms with E-state index in [0.29, 0.717) is 36.8 Å². The Bertz CT molecular complexity index is 1520. The highest BCUT2D eigenvalue weighted by Crippen LogP contribution is 2.45. The van der Waals surface area contributed by atoms with Gasteiger partial charge in [0.2, 0.25) is 0 Å². The van der Waals surface area contributed by atoms with Crippen LogP contribution in [0.3, 0.4) is 0 Å². The standard InChI is InChI=1S/C28H23N3O4/c1-16-5-4-6-17(13-16)26-25-20(19-7-2-3-8-21(19)29-25)15-22-27(32)30(28(33)31(22)26)18-9-10-23-24(14-18)35-12-11-34-23/h2-10,13-14,22,26,29H,11-12,15H2,1H3/t22-,26-/m0/s1. The van der Waals surface area contributed by atoms with Gasteiger partial charge in [-0.15, -0.1) is 0 Å². The number of anilines is 1. The maximum Gasteiger partial charge on any atom is 0.332 e. The Balaban J connectivity index is 1.38. The summed E-state index contributed by atoms with van der Waals surface area (Å²) in [7, 11) is 0. The van der Waals surface area contributed by atoms with Crippen molar-refractivity contribution >= 4 is 28.5 Å². The largest absolute Gasteiger partial charge is 0.486 e. The molecule has 3 amide bonds. The topological polar surface area (TPSA) is 74.9 Å². The molecule has 0 unspecified atom stereocenters. The van der Waals surface area contributed by atoms with Gasteiger partial charge >= 0.3 is 6.03 Å². The van der Waals surface area contributed by atoms with E-state index in [9.17, 15) is 9.59 Å². The van der Waals surface area contributed by atoms with Crippen molar-refractivity contribution in [1.82, 2.24) is 9.88 Å². The van der Waals surface area contributed by atoms with E-state index >= 15 is 0 Å². The second-order valence-electron chi connectivity index (χ2n) is 9.29. The van der Waals surface area contributed by atoms with Crippen LogP contribution >= 0.6 is 0 Å². The number of hydrogen-bond donors (Lipinski definition) is 1. The summed E-state index contributed by atoms with van der Waals surface area (Å²) >= 11 is 0. The number of nitrogens with zero attached hydrogens (tertiary/aromatic N) is 2. The number of benzene rings is 3. The van der Waals surface area contributed by atoms with Crippen molar-refractivity contribution in [2.45, 2.75) is 25.4 Å². The van der Waals surface area contributed by atoms with E-state index in [-0.39, 0.29) is 11.9 Å². The summed E-state index contributed by atoms with van der Waals surface area (Å²) in [4.78, 5) is 34.4. The van der Waals surface area contributed by atoms with Gasteiger partial charge in [0.15, 0.2) is 11.5 Å². The van der Waals surface area contributed by atoms with Crippen LogP contribution in [0.4, 0.5) is 10.5 Å². The number of H-pyrrole nitrogens is 1. The molecule has 7 heteroatoms. The van der Waals surface area contributed by atoms with Crippen LogP contribution in [0.15, 0.2) is 66.7 Å². The number of para-hydroxylation sites is 1. The molecule has 7 nitrogen and oxygen atoms in total. The number of ether oxygens (including phenoxy) is 2. The van der Waals surface area contributed by atoms with Crippen molar-refractivity contribution in [2.75, 3.05) is 18.1 Å². The van der Waals surface area contributed by atoms with E-state index in [1.807, 2.05) is 43.3 Å². The minimum absolute atomic E-state index is 0.222. The molecule has 4 aromatic rings. The molecule has 0 radical (unpaired) electrons. The summed E-state index contributed by atoms with van der Waals surface area (Å²) in [5.74, 6) is 0.946. The Kier molecular flexibility index (Phi) is 4.24. The average molecular weight is 466 g/mol. The van der Waals surface area contributed by atoms with Crippen molar-refractivity contribution in [3.8, 4) is 11.5 Å². The van der Waals surface area contributed by atoms with Gasteiger partial charge in [-0.3, -0.25) is 9.69 Å². The molecular formula is C28H23N3O4. The third-order valence-electron chi connectivity index (χ3n) is 7.19. The molecule has 174 valence electrons. The summed E-state index contributed by atoms with van der Waals surface area (Å²) in [5.41, 5.74) is 5.66. The highest BCUT2D eigenvalue weighted by molar-refractivity contribution is 6.22. The van der Waals surface area contributed by atoms with Crippen LogP contribution in [0.2, 0.25) is 0 Å². The first-order valence-corrected chi connectivity index (χ1v) is 11.8. The van der Waals surface area contributed by atoms with Crippen molar-refractivity contribution in [3.05, 3.63) is 89.1 Å². The van der Waals surface area contributed by atoms with Gasteiger partial charge in [-0.25, -0.2) is 9.69 Å². The zero-order chi connectivity index (χ0) is 23.7. The molecule has 7 rings (SSSR count). The van der Waals surface area contributed by atoms with E-state index in [2.05, 4.69) is 17.1 Å². The molecule has 1 aromatic heterocycles. The zero-order valence-electron chi connectivity index (χ0n) is 19.2. The van der Waals surface area contributed by atoms with E-state index in [0.717, 1.165) is 33.3 Å². The molecule has 3 aromatic carbocycles. The van der Waals surface area contributed by atoms with E-state index in [1.54, 1.807) is 23.1 Å². The fourth-order valence-electron chi connectivity index (χ4n) is 5.67. The lowest BCUT2D eigenvalue weighted by molar-refractivity contribution is -0.120. The second-order valence-corrected chi connectivity index (χ2v) is 9.29. The lowest BCUT2D eigenvalue weighted by atomic mass is 9.88. The summed E-state index contributed by atoms with van der Waals surface area (Å²) in [5, 5.41) is 1.10. The summed E-state index contributed by atoms with van der Waals surface area (Å²) < 4.78 is 11.3. The SMILES string of the molecule is Cc1cccc([C@H]2c3[nH]c4ccccc4c3C[C@H]3C(=O)N(c4ccc5c(c4)OCCO5)C(=O)N23)c1. The molecule has 2 atom stereocenters. The van der Waals surface area contributed by atoms with Crippen molar-refractivity contribution in [2.24, 2.45) is 0 Å². The summed E-state index contributed by atoms with van der Waals surface area (Å²) in [6.45, 7) is 2.95. The van der Waals surface area contributed by atoms with Gasteiger partial charge in [0.1, 0.15) is 25.3 Å². The van der Waals surface area contributed by atoms with Crippen LogP contribution in [-0.4, -0.2) is 41.1 Å². The van der Waals surface area contributed by atoms with Crippen LogP contribution in [0.5, 0.6) is 11.5 Å². The number of carbonyl (C=O) groups is 2. The predicted octanol–water partition coefficient (Wildman–Crippen LogP) is 4.73. The lowest BCUT2D eigenvalue weighted by Gasteiger charge is -2.36. The first-order chi connectivity index (χ1) is 17.1. The fourth-order valence-corrected chi connectivity index (χ4v) is 5.67. The number of rotatable bonds is 2. The normalized spacial score (nSPS) is 20.8. The molecule has 1 N–H and O–H groups in total. The fraction of sp³-hybridized carbons (Fsp3) is 0.214. The molecule has 3 aliphatic rings. The number of aromatic amines is 1. The smallest absolute Gasteiger partial charge is 0.332 e. The third kappa shape index (κ3) is 2.91. The van der Waals surface area contributed by atoms with Crippen molar-refractivity contribution in [3.63, 3.8) is 0 Å². The number of imide groups is 1. The number of amides is 3. The van der Waals surface area contributed by atoms with E-state index in [1.165, 1.54) is 4.90 Å². The quantitative estimate of drug-likeness (QED) is 0.435. The van der Waals surface area contributed by atoms with Crippen LogP contribution in [0, 0.1) is 6.92 Å². The predicted molar refractivity (Wildman–Crippen MR) is 131 cm³/mol. The van der Waals surface area contributed by atoms with E-state index in [4.69, 9.17) is 9.47 Å². The Morgan fingerprint density at radius 2 is 1.74 bits per heavy atom. The molecule has 0 bridgehead atoms. The van der Waals surface area contributed by atoms with Gasteiger partial charge < -0.3 is 14.5 Å². The molecule has 0 saturated carbocycles. The molecule has 0 aliphatic carbocycles. The molecule has 4 heterocycles. The average Bonchev–Trinajstić information content (AvgIpc) is 3.37. The van der Waals surface area contributed by atoms with Gasteiger partial charge in [-0.05, 0) is 36.2 Å². The number of urea groups is 1. The molecule has 0 spiro atoms. The highest BCUT2D eigenvalue weighted by atomic mass is 16.6. The van der Waals surface area contributed by atoms with Crippen LogP contribution in [0.25, 0.3) is 10.9 Å². The summed E-state index contributed by atoms with van der Waals surface area (Å²) in [6, 6.07) is 20.2. The Morgan fingerprint density at radius 1 is 0.914 bits per heavy atom. The number of carbonyl (C=O) groups excluding carboxylic acids is 2. The first-order valence-electron chi connectivity index (χ1n) is 11.8. The number of aromatic nitrogens is 1. The Labute approximate surface area is 201 Å². The van der Waals surface area contributed by atoms with Crippen molar-refractivity contribution < 1.29 is 19.1 Å². The summed E-state index contributed by atoms with van der Waals surface area (Å²) in [6.07, 6.45) is 0.466. The molecule has 3 aliphatic heterocycles.